The van der Waals surface area contributed by atoms with Gasteiger partial charge in [-0.25, -0.2) is 0 Å². The molecule has 0 aliphatic heterocycles. The largest absolute Gasteiger partial charge is 0.489 e. The fraction of sp³-hybridized carbons (Fsp3) is 0.400. The average molecular weight is 425 g/mol. The lowest BCUT2D eigenvalue weighted by molar-refractivity contribution is 0.103. The lowest BCUT2D eigenvalue weighted by Crippen LogP contribution is -2.49. The summed E-state index contributed by atoms with van der Waals surface area (Å²) in [4.78, 5) is 14.7. The Morgan fingerprint density at radius 2 is 1.93 bits per heavy atom. The van der Waals surface area contributed by atoms with Gasteiger partial charge in [0.05, 0.1) is 11.1 Å². The van der Waals surface area contributed by atoms with Crippen molar-refractivity contribution in [2.75, 3.05) is 0 Å². The fourth-order valence-electron chi connectivity index (χ4n) is 4.91. The molecule has 0 saturated heterocycles. The maximum atomic E-state index is 12.0. The summed E-state index contributed by atoms with van der Waals surface area (Å²) < 4.78 is 6.32. The first kappa shape index (κ1) is 21.0. The molecule has 1 heterocycles. The van der Waals surface area contributed by atoms with Crippen LogP contribution in [0.5, 0.6) is 5.75 Å². The molecule has 1 atom stereocenters. The number of ether oxygens (including phenoxy) is 1. The first-order valence-corrected chi connectivity index (χ1v) is 11.2. The summed E-state index contributed by atoms with van der Waals surface area (Å²) in [5.74, 6) is 0.643. The first-order valence-electron chi connectivity index (χ1n) is 10.8. The van der Waals surface area contributed by atoms with Gasteiger partial charge in [-0.3, -0.25) is 4.79 Å². The number of benzene rings is 2. The van der Waals surface area contributed by atoms with Gasteiger partial charge < -0.3 is 15.5 Å². The molecule has 4 rings (SSSR count). The number of H-pyrrole nitrogens is 1. The number of nitrogens with two attached hydrogens (primary N) is 1. The van der Waals surface area contributed by atoms with E-state index in [2.05, 4.69) is 42.2 Å². The second-order valence-electron chi connectivity index (χ2n) is 8.41. The molecule has 0 amide bonds. The number of halogens is 1. The van der Waals surface area contributed by atoms with Gasteiger partial charge in [0.25, 0.3) is 5.56 Å². The zero-order valence-electron chi connectivity index (χ0n) is 17.4. The Kier molecular flexibility index (Phi) is 6.16. The van der Waals surface area contributed by atoms with Gasteiger partial charge >= 0.3 is 0 Å². The smallest absolute Gasteiger partial charge is 0.255 e. The van der Waals surface area contributed by atoms with E-state index in [1.54, 1.807) is 12.3 Å². The molecule has 1 fully saturated rings. The van der Waals surface area contributed by atoms with Gasteiger partial charge in [0.2, 0.25) is 0 Å². The summed E-state index contributed by atoms with van der Waals surface area (Å²) in [6, 6.07) is 16.3. The van der Waals surface area contributed by atoms with E-state index in [-0.39, 0.29) is 23.1 Å². The van der Waals surface area contributed by atoms with Crippen molar-refractivity contribution in [2.45, 2.75) is 63.0 Å². The summed E-state index contributed by atoms with van der Waals surface area (Å²) in [6.45, 7) is 2.19. The van der Waals surface area contributed by atoms with Crippen LogP contribution in [0.1, 0.15) is 51.0 Å². The molecule has 1 aliphatic rings. The van der Waals surface area contributed by atoms with Crippen LogP contribution in [0.15, 0.2) is 59.5 Å². The minimum atomic E-state index is -0.142. The van der Waals surface area contributed by atoms with Crippen LogP contribution in [-0.2, 0) is 5.41 Å². The predicted molar refractivity (Wildman–Crippen MR) is 123 cm³/mol. The van der Waals surface area contributed by atoms with Crippen LogP contribution in [-0.4, -0.2) is 17.1 Å². The number of hydrogen-bond acceptors (Lipinski definition) is 3. The molecule has 3 aromatic rings. The van der Waals surface area contributed by atoms with E-state index in [9.17, 15) is 4.79 Å². The standard InChI is InChI=1S/C25H29ClN2O2/c1-2-6-23(27)25(18-7-4-3-5-8-18)12-9-19(10-13-25)30-22-15-17-11-14-28-24(29)20(17)16-21(22)26/h3-5,7-8,11,14-16,19,23H,2,6,9-10,12-13,27H2,1H3,(H,28,29). The van der Waals surface area contributed by atoms with Crippen LogP contribution in [0.4, 0.5) is 0 Å². The molecule has 1 aliphatic carbocycles. The lowest BCUT2D eigenvalue weighted by Gasteiger charge is -2.45. The fourth-order valence-corrected chi connectivity index (χ4v) is 5.12. The van der Waals surface area contributed by atoms with E-state index >= 15 is 0 Å². The highest BCUT2D eigenvalue weighted by atomic mass is 35.5. The van der Waals surface area contributed by atoms with Gasteiger partial charge in [-0.1, -0.05) is 55.3 Å². The normalized spacial score (nSPS) is 22.7. The Bertz CT molecular complexity index is 1060. The molecule has 1 unspecified atom stereocenters. The Hall–Kier alpha value is -2.30. The highest BCUT2D eigenvalue weighted by Gasteiger charge is 2.41. The van der Waals surface area contributed by atoms with Gasteiger partial charge in [-0.15, -0.1) is 0 Å². The topological polar surface area (TPSA) is 68.1 Å². The SMILES string of the molecule is CCCC(N)C1(c2ccccc2)CCC(Oc2cc3cc[nH]c(=O)c3cc2Cl)CC1. The third kappa shape index (κ3) is 3.99. The van der Waals surface area contributed by atoms with Gasteiger partial charge in [-0.05, 0) is 61.3 Å². The molecule has 5 heteroatoms. The van der Waals surface area contributed by atoms with Crippen LogP contribution in [0.25, 0.3) is 10.8 Å². The van der Waals surface area contributed by atoms with E-state index in [1.807, 2.05) is 12.1 Å². The minimum Gasteiger partial charge on any atom is -0.489 e. The number of aromatic amines is 1. The lowest BCUT2D eigenvalue weighted by atomic mass is 9.63. The van der Waals surface area contributed by atoms with Crippen LogP contribution in [0, 0.1) is 0 Å². The van der Waals surface area contributed by atoms with E-state index in [0.29, 0.717) is 16.2 Å². The van der Waals surface area contributed by atoms with E-state index in [1.165, 1.54) is 5.56 Å². The molecule has 158 valence electrons. The third-order valence-electron chi connectivity index (χ3n) is 6.60. The molecule has 0 bridgehead atoms. The number of hydrogen-bond donors (Lipinski definition) is 2. The van der Waals surface area contributed by atoms with E-state index < -0.39 is 0 Å². The van der Waals surface area contributed by atoms with Crippen molar-refractivity contribution < 1.29 is 4.74 Å². The van der Waals surface area contributed by atoms with Gasteiger partial charge in [0.15, 0.2) is 0 Å². The van der Waals surface area contributed by atoms with Gasteiger partial charge in [-0.2, -0.15) is 0 Å². The molecule has 30 heavy (non-hydrogen) atoms. The monoisotopic (exact) mass is 424 g/mol. The van der Waals surface area contributed by atoms with Crippen LogP contribution < -0.4 is 16.0 Å². The first-order chi connectivity index (χ1) is 14.5. The average Bonchev–Trinajstić information content (AvgIpc) is 2.76. The Morgan fingerprint density at radius 3 is 2.63 bits per heavy atom. The van der Waals surface area contributed by atoms with Gasteiger partial charge in [0, 0.05) is 23.0 Å². The quantitative estimate of drug-likeness (QED) is 0.543. The minimum absolute atomic E-state index is 0.00238. The summed E-state index contributed by atoms with van der Waals surface area (Å²) in [5.41, 5.74) is 7.93. The van der Waals surface area contributed by atoms with Gasteiger partial charge in [0.1, 0.15) is 5.75 Å². The second kappa shape index (κ2) is 8.83. The summed E-state index contributed by atoms with van der Waals surface area (Å²) in [6.07, 6.45) is 7.68. The Labute approximate surface area is 182 Å². The number of rotatable bonds is 6. The molecule has 3 N–H and O–H groups in total. The summed E-state index contributed by atoms with van der Waals surface area (Å²) >= 11 is 6.44. The van der Waals surface area contributed by atoms with Crippen LogP contribution in [0.3, 0.4) is 0 Å². The molecule has 0 spiro atoms. The highest BCUT2D eigenvalue weighted by molar-refractivity contribution is 6.32. The third-order valence-corrected chi connectivity index (χ3v) is 6.90. The predicted octanol–water partition coefficient (Wildman–Crippen LogP) is 5.57. The van der Waals surface area contributed by atoms with Crippen molar-refractivity contribution >= 4 is 22.4 Å². The van der Waals surface area contributed by atoms with Crippen molar-refractivity contribution in [1.29, 1.82) is 0 Å². The van der Waals surface area contributed by atoms with Crippen molar-refractivity contribution in [3.63, 3.8) is 0 Å². The summed E-state index contributed by atoms with van der Waals surface area (Å²) in [7, 11) is 0. The molecule has 1 saturated carbocycles. The Morgan fingerprint density at radius 1 is 1.20 bits per heavy atom. The van der Waals surface area contributed by atoms with E-state index in [0.717, 1.165) is 43.9 Å². The van der Waals surface area contributed by atoms with Crippen molar-refractivity contribution in [3.05, 3.63) is 75.7 Å². The molecular formula is C25H29ClN2O2. The molecule has 0 radical (unpaired) electrons. The zero-order chi connectivity index (χ0) is 21.1. The summed E-state index contributed by atoms with van der Waals surface area (Å²) in [5, 5.41) is 1.88. The number of fused-ring (bicyclic) bond motifs is 1. The van der Waals surface area contributed by atoms with E-state index in [4.69, 9.17) is 22.1 Å². The zero-order valence-corrected chi connectivity index (χ0v) is 18.1. The highest BCUT2D eigenvalue weighted by Crippen LogP contribution is 2.44. The number of pyridine rings is 1. The number of aromatic nitrogens is 1. The maximum Gasteiger partial charge on any atom is 0.255 e. The molecule has 4 nitrogen and oxygen atoms in total. The van der Waals surface area contributed by atoms with Crippen molar-refractivity contribution in [2.24, 2.45) is 5.73 Å². The maximum absolute atomic E-state index is 12.0. The van der Waals surface area contributed by atoms with Crippen molar-refractivity contribution in [3.8, 4) is 5.75 Å². The molecule has 2 aromatic carbocycles. The molecule has 1 aromatic heterocycles. The second-order valence-corrected chi connectivity index (χ2v) is 8.82. The Balaban J connectivity index is 1.54. The number of nitrogens with one attached hydrogen (secondary N) is 1. The van der Waals surface area contributed by atoms with Crippen LogP contribution in [0.2, 0.25) is 5.02 Å². The van der Waals surface area contributed by atoms with Crippen molar-refractivity contribution in [1.82, 2.24) is 4.98 Å². The van der Waals surface area contributed by atoms with Crippen LogP contribution >= 0.6 is 11.6 Å². The molecular weight excluding hydrogens is 396 g/mol.